The topological polar surface area (TPSA) is 39.6 Å². The Morgan fingerprint density at radius 3 is 1.76 bits per heavy atom. The average molecular weight is 220 g/mol. The van der Waals surface area contributed by atoms with Gasteiger partial charge >= 0.3 is 0 Å². The van der Waals surface area contributed by atoms with Gasteiger partial charge in [0.05, 0.1) is 6.07 Å². The predicted molar refractivity (Wildman–Crippen MR) is 71.6 cm³/mol. The molecule has 3 aromatic rings. The largest absolute Gasteiger partial charge is 0.355 e. The zero-order chi connectivity index (χ0) is 12.1. The maximum Gasteiger partial charge on any atom is 0.0905 e. The van der Waals surface area contributed by atoms with Crippen molar-refractivity contribution < 1.29 is 0 Å². The molecule has 0 aliphatic rings. The molecule has 3 rings (SSSR count). The molecule has 0 aliphatic carbocycles. The third-order valence-electron chi connectivity index (χ3n) is 2.50. The number of H-pyrrole nitrogens is 1. The van der Waals surface area contributed by atoms with Crippen LogP contribution < -0.4 is 0 Å². The molecule has 0 amide bonds. The SMILES string of the molecule is C=CC#N.c1ccc2c(c1)[nH]c1ccccc12. The highest BCUT2D eigenvalue weighted by Crippen LogP contribution is 2.24. The standard InChI is InChI=1S/C12H9N.C3H3N/c1-3-7-11-9(5-1)10-6-2-4-8-12(10)13-11;1-2-3-4/h1-8,13H;2H,1H2. The number of nitriles is 1. The predicted octanol–water partition coefficient (Wildman–Crippen LogP) is 4.02. The fraction of sp³-hybridized carbons (Fsp3) is 0. The van der Waals surface area contributed by atoms with E-state index in [1.165, 1.54) is 27.9 Å². The first-order valence-corrected chi connectivity index (χ1v) is 5.33. The third kappa shape index (κ3) is 2.19. The molecule has 17 heavy (non-hydrogen) atoms. The number of hydrogen-bond acceptors (Lipinski definition) is 1. The first-order valence-electron chi connectivity index (χ1n) is 5.33. The van der Waals surface area contributed by atoms with Gasteiger partial charge in [-0.15, -0.1) is 0 Å². The summed E-state index contributed by atoms with van der Waals surface area (Å²) in [5.74, 6) is 0. The van der Waals surface area contributed by atoms with Gasteiger partial charge in [0.25, 0.3) is 0 Å². The first-order chi connectivity index (χ1) is 8.36. The van der Waals surface area contributed by atoms with Crippen molar-refractivity contribution in [3.63, 3.8) is 0 Å². The highest BCUT2D eigenvalue weighted by atomic mass is 14.7. The highest BCUT2D eigenvalue weighted by Gasteiger charge is 2.00. The van der Waals surface area contributed by atoms with Crippen LogP contribution in [-0.2, 0) is 0 Å². The molecule has 0 unspecified atom stereocenters. The molecule has 0 radical (unpaired) electrons. The maximum absolute atomic E-state index is 7.51. The summed E-state index contributed by atoms with van der Waals surface area (Å²) in [6.45, 7) is 3.12. The molecule has 2 nitrogen and oxygen atoms in total. The fourth-order valence-electron chi connectivity index (χ4n) is 1.80. The van der Waals surface area contributed by atoms with Gasteiger partial charge in [-0.3, -0.25) is 0 Å². The van der Waals surface area contributed by atoms with Gasteiger partial charge < -0.3 is 4.98 Å². The molecule has 1 heterocycles. The Hall–Kier alpha value is -2.53. The second-order valence-corrected chi connectivity index (χ2v) is 3.55. The van der Waals surface area contributed by atoms with Gasteiger partial charge in [0.2, 0.25) is 0 Å². The Labute approximate surface area is 99.8 Å². The van der Waals surface area contributed by atoms with Crippen molar-refractivity contribution in [1.29, 1.82) is 5.26 Å². The summed E-state index contributed by atoms with van der Waals surface area (Å²) in [6, 6.07) is 18.5. The number of nitrogens with zero attached hydrogens (tertiary/aromatic N) is 1. The van der Waals surface area contributed by atoms with Crippen molar-refractivity contribution in [3.05, 3.63) is 61.2 Å². The van der Waals surface area contributed by atoms with Crippen LogP contribution in [0.1, 0.15) is 0 Å². The number of nitrogens with one attached hydrogen (secondary N) is 1. The molecule has 0 aliphatic heterocycles. The van der Waals surface area contributed by atoms with E-state index in [1.807, 2.05) is 0 Å². The van der Waals surface area contributed by atoms with Gasteiger partial charge in [-0.1, -0.05) is 43.0 Å². The van der Waals surface area contributed by atoms with Crippen LogP contribution in [0.25, 0.3) is 21.8 Å². The van der Waals surface area contributed by atoms with Crippen LogP contribution in [-0.4, -0.2) is 4.98 Å². The number of aromatic amines is 1. The van der Waals surface area contributed by atoms with E-state index in [2.05, 4.69) is 60.1 Å². The Bertz CT molecular complexity index is 636. The van der Waals surface area contributed by atoms with Crippen LogP contribution in [0.5, 0.6) is 0 Å². The number of benzene rings is 2. The maximum atomic E-state index is 7.51. The Kier molecular flexibility index (Phi) is 3.23. The second kappa shape index (κ2) is 5.00. The lowest BCUT2D eigenvalue weighted by molar-refractivity contribution is 1.54. The lowest BCUT2D eigenvalue weighted by Crippen LogP contribution is -1.62. The number of allylic oxidation sites excluding steroid dienone is 1. The molecule has 0 atom stereocenters. The van der Waals surface area contributed by atoms with E-state index in [0.29, 0.717) is 0 Å². The van der Waals surface area contributed by atoms with Gasteiger partial charge in [-0.25, -0.2) is 0 Å². The quantitative estimate of drug-likeness (QED) is 0.571. The van der Waals surface area contributed by atoms with Crippen molar-refractivity contribution in [2.75, 3.05) is 0 Å². The summed E-state index contributed by atoms with van der Waals surface area (Å²) < 4.78 is 0. The molecular weight excluding hydrogens is 208 g/mol. The summed E-state index contributed by atoms with van der Waals surface area (Å²) in [5, 5.41) is 10.1. The van der Waals surface area contributed by atoms with E-state index in [1.54, 1.807) is 6.07 Å². The van der Waals surface area contributed by atoms with E-state index in [-0.39, 0.29) is 0 Å². The minimum Gasteiger partial charge on any atom is -0.355 e. The lowest BCUT2D eigenvalue weighted by atomic mass is 10.2. The van der Waals surface area contributed by atoms with Crippen LogP contribution >= 0.6 is 0 Å². The van der Waals surface area contributed by atoms with E-state index < -0.39 is 0 Å². The monoisotopic (exact) mass is 220 g/mol. The Morgan fingerprint density at radius 1 is 0.941 bits per heavy atom. The molecule has 1 N–H and O–H groups in total. The molecule has 2 aromatic carbocycles. The molecular formula is C15H12N2. The minimum absolute atomic E-state index is 1.18. The third-order valence-corrected chi connectivity index (χ3v) is 2.50. The molecule has 82 valence electrons. The molecule has 0 fully saturated rings. The number of hydrogen-bond donors (Lipinski definition) is 1. The lowest BCUT2D eigenvalue weighted by Gasteiger charge is -1.87. The average Bonchev–Trinajstić information content (AvgIpc) is 2.77. The summed E-state index contributed by atoms with van der Waals surface area (Å²) in [4.78, 5) is 3.38. The Balaban J connectivity index is 0.000000239. The van der Waals surface area contributed by atoms with Crippen molar-refractivity contribution in [2.45, 2.75) is 0 Å². The van der Waals surface area contributed by atoms with Gasteiger partial charge in [0, 0.05) is 27.9 Å². The van der Waals surface area contributed by atoms with Crippen molar-refractivity contribution >= 4 is 21.8 Å². The van der Waals surface area contributed by atoms with Gasteiger partial charge in [0.1, 0.15) is 0 Å². The second-order valence-electron chi connectivity index (χ2n) is 3.55. The van der Waals surface area contributed by atoms with Gasteiger partial charge in [-0.2, -0.15) is 5.26 Å². The fourth-order valence-corrected chi connectivity index (χ4v) is 1.80. The van der Waals surface area contributed by atoms with Gasteiger partial charge in [0.15, 0.2) is 0 Å². The first kappa shape index (κ1) is 11.0. The smallest absolute Gasteiger partial charge is 0.0905 e. The summed E-state index contributed by atoms with van der Waals surface area (Å²) in [6.07, 6.45) is 1.18. The van der Waals surface area contributed by atoms with E-state index in [0.717, 1.165) is 0 Å². The number of aromatic nitrogens is 1. The van der Waals surface area contributed by atoms with Crippen LogP contribution in [0, 0.1) is 11.3 Å². The van der Waals surface area contributed by atoms with Crippen LogP contribution in [0.2, 0.25) is 0 Å². The summed E-state index contributed by atoms with van der Waals surface area (Å²) >= 11 is 0. The molecule has 0 saturated carbocycles. The number of para-hydroxylation sites is 2. The molecule has 0 spiro atoms. The van der Waals surface area contributed by atoms with E-state index in [9.17, 15) is 0 Å². The molecule has 0 saturated heterocycles. The highest BCUT2D eigenvalue weighted by molar-refractivity contribution is 6.06. The van der Waals surface area contributed by atoms with E-state index in [4.69, 9.17) is 5.26 Å². The zero-order valence-electron chi connectivity index (χ0n) is 9.35. The zero-order valence-corrected chi connectivity index (χ0v) is 9.35. The van der Waals surface area contributed by atoms with Crippen molar-refractivity contribution in [2.24, 2.45) is 0 Å². The van der Waals surface area contributed by atoms with Crippen LogP contribution in [0.15, 0.2) is 61.2 Å². The molecule has 2 heteroatoms. The van der Waals surface area contributed by atoms with Crippen LogP contribution in [0.3, 0.4) is 0 Å². The summed E-state index contributed by atoms with van der Waals surface area (Å²) in [5.41, 5.74) is 2.42. The Morgan fingerprint density at radius 2 is 1.35 bits per heavy atom. The normalized spacial score (nSPS) is 9.35. The number of fused-ring (bicyclic) bond motifs is 3. The summed E-state index contributed by atoms with van der Waals surface area (Å²) in [7, 11) is 0. The van der Waals surface area contributed by atoms with Crippen molar-refractivity contribution in [1.82, 2.24) is 4.98 Å². The van der Waals surface area contributed by atoms with Crippen molar-refractivity contribution in [3.8, 4) is 6.07 Å². The minimum atomic E-state index is 1.18. The van der Waals surface area contributed by atoms with Crippen LogP contribution in [0.4, 0.5) is 0 Å². The molecule has 1 aromatic heterocycles. The number of rotatable bonds is 0. The van der Waals surface area contributed by atoms with Gasteiger partial charge in [-0.05, 0) is 12.1 Å². The molecule has 0 bridgehead atoms. The van der Waals surface area contributed by atoms with E-state index >= 15 is 0 Å².